The van der Waals surface area contributed by atoms with Gasteiger partial charge in [-0.05, 0) is 49.7 Å². The molecule has 0 aliphatic heterocycles. The second kappa shape index (κ2) is 7.45. The minimum absolute atomic E-state index is 0.0572. The zero-order valence-electron chi connectivity index (χ0n) is 13.0. The lowest BCUT2D eigenvalue weighted by Crippen LogP contribution is -2.23. The number of hydrogen-bond donors (Lipinski definition) is 0. The average Bonchev–Trinajstić information content (AvgIpc) is 2.54. The van der Waals surface area contributed by atoms with Crippen LogP contribution in [0.1, 0.15) is 35.8 Å². The SMILES string of the molecule is CCOC(=O)c1ccccc1C(C)N(C)c1ccc(Br)cc1. The second-order valence-electron chi connectivity index (χ2n) is 5.07. The molecule has 0 spiro atoms. The van der Waals surface area contributed by atoms with Crippen molar-refractivity contribution in [1.29, 1.82) is 0 Å². The Morgan fingerprint density at radius 1 is 1.18 bits per heavy atom. The number of benzene rings is 2. The van der Waals surface area contributed by atoms with E-state index in [1.165, 1.54) is 0 Å². The van der Waals surface area contributed by atoms with Crippen molar-refractivity contribution in [3.05, 3.63) is 64.1 Å². The molecular formula is C18H20BrNO2. The first-order chi connectivity index (χ1) is 10.5. The third-order valence-corrected chi connectivity index (χ3v) is 4.25. The third kappa shape index (κ3) is 3.69. The first-order valence-corrected chi connectivity index (χ1v) is 8.08. The predicted molar refractivity (Wildman–Crippen MR) is 93.4 cm³/mol. The van der Waals surface area contributed by atoms with E-state index < -0.39 is 0 Å². The monoisotopic (exact) mass is 361 g/mol. The van der Waals surface area contributed by atoms with Crippen LogP contribution in [0.2, 0.25) is 0 Å². The first kappa shape index (κ1) is 16.6. The molecule has 0 aliphatic carbocycles. The van der Waals surface area contributed by atoms with Gasteiger partial charge in [0.2, 0.25) is 0 Å². The molecule has 116 valence electrons. The van der Waals surface area contributed by atoms with Crippen LogP contribution >= 0.6 is 15.9 Å². The maximum atomic E-state index is 12.1. The maximum absolute atomic E-state index is 12.1. The van der Waals surface area contributed by atoms with Gasteiger partial charge in [0.15, 0.2) is 0 Å². The second-order valence-corrected chi connectivity index (χ2v) is 5.99. The number of anilines is 1. The highest BCUT2D eigenvalue weighted by molar-refractivity contribution is 9.10. The lowest BCUT2D eigenvalue weighted by molar-refractivity contribution is 0.0524. The molecule has 0 bridgehead atoms. The maximum Gasteiger partial charge on any atom is 0.338 e. The Labute approximate surface area is 140 Å². The van der Waals surface area contributed by atoms with E-state index in [4.69, 9.17) is 4.74 Å². The van der Waals surface area contributed by atoms with Crippen molar-refractivity contribution in [1.82, 2.24) is 0 Å². The van der Waals surface area contributed by atoms with E-state index in [-0.39, 0.29) is 12.0 Å². The summed E-state index contributed by atoms with van der Waals surface area (Å²) in [5, 5.41) is 0. The molecule has 0 radical (unpaired) electrons. The molecule has 0 aliphatic rings. The van der Waals surface area contributed by atoms with Gasteiger partial charge in [-0.1, -0.05) is 34.1 Å². The van der Waals surface area contributed by atoms with Crippen LogP contribution in [0.5, 0.6) is 0 Å². The lowest BCUT2D eigenvalue weighted by Gasteiger charge is -2.28. The Kier molecular flexibility index (Phi) is 5.61. The summed E-state index contributed by atoms with van der Waals surface area (Å²) in [7, 11) is 2.02. The van der Waals surface area contributed by atoms with Crippen molar-refractivity contribution in [2.45, 2.75) is 19.9 Å². The summed E-state index contributed by atoms with van der Waals surface area (Å²) >= 11 is 3.44. The average molecular weight is 362 g/mol. The number of esters is 1. The van der Waals surface area contributed by atoms with E-state index in [1.807, 2.05) is 62.5 Å². The van der Waals surface area contributed by atoms with Crippen molar-refractivity contribution in [2.75, 3.05) is 18.6 Å². The Morgan fingerprint density at radius 3 is 2.45 bits per heavy atom. The topological polar surface area (TPSA) is 29.5 Å². The number of halogens is 1. The van der Waals surface area contributed by atoms with Gasteiger partial charge in [-0.15, -0.1) is 0 Å². The van der Waals surface area contributed by atoms with Crippen molar-refractivity contribution in [3.63, 3.8) is 0 Å². The molecule has 1 atom stereocenters. The zero-order chi connectivity index (χ0) is 16.1. The molecule has 0 amide bonds. The van der Waals surface area contributed by atoms with Crippen molar-refractivity contribution < 1.29 is 9.53 Å². The van der Waals surface area contributed by atoms with Crippen molar-refractivity contribution >= 4 is 27.6 Å². The smallest absolute Gasteiger partial charge is 0.338 e. The molecule has 0 N–H and O–H groups in total. The van der Waals surface area contributed by atoms with E-state index in [0.29, 0.717) is 12.2 Å². The Bertz CT molecular complexity index is 640. The van der Waals surface area contributed by atoms with E-state index >= 15 is 0 Å². The Hall–Kier alpha value is -1.81. The molecule has 0 fully saturated rings. The lowest BCUT2D eigenvalue weighted by atomic mass is 10.00. The summed E-state index contributed by atoms with van der Waals surface area (Å²) in [6.45, 7) is 4.28. The van der Waals surface area contributed by atoms with Crippen LogP contribution in [0.3, 0.4) is 0 Å². The van der Waals surface area contributed by atoms with Gasteiger partial charge in [0, 0.05) is 17.2 Å². The number of carbonyl (C=O) groups excluding carboxylic acids is 1. The van der Waals surface area contributed by atoms with Gasteiger partial charge in [0.1, 0.15) is 0 Å². The summed E-state index contributed by atoms with van der Waals surface area (Å²) in [6, 6.07) is 15.8. The summed E-state index contributed by atoms with van der Waals surface area (Å²) in [5.74, 6) is -0.269. The molecule has 4 heteroatoms. The molecule has 1 unspecified atom stereocenters. The molecular weight excluding hydrogens is 342 g/mol. The molecule has 2 aromatic carbocycles. The minimum atomic E-state index is -0.269. The van der Waals surface area contributed by atoms with Crippen LogP contribution in [0, 0.1) is 0 Å². The first-order valence-electron chi connectivity index (χ1n) is 7.29. The van der Waals surface area contributed by atoms with Gasteiger partial charge < -0.3 is 9.64 Å². The van der Waals surface area contributed by atoms with E-state index in [2.05, 4.69) is 27.8 Å². The fourth-order valence-electron chi connectivity index (χ4n) is 2.36. The molecule has 0 aromatic heterocycles. The van der Waals surface area contributed by atoms with Crippen molar-refractivity contribution in [3.8, 4) is 0 Å². The standard InChI is InChI=1S/C18H20BrNO2/c1-4-22-18(21)17-8-6-5-7-16(17)13(2)20(3)15-11-9-14(19)10-12-15/h5-13H,4H2,1-3H3. The molecule has 2 rings (SSSR count). The van der Waals surface area contributed by atoms with Gasteiger partial charge in [0.05, 0.1) is 18.2 Å². The van der Waals surface area contributed by atoms with Gasteiger partial charge in [-0.3, -0.25) is 0 Å². The zero-order valence-corrected chi connectivity index (χ0v) is 14.6. The highest BCUT2D eigenvalue weighted by Gasteiger charge is 2.19. The highest BCUT2D eigenvalue weighted by atomic mass is 79.9. The fraction of sp³-hybridized carbons (Fsp3) is 0.278. The fourth-order valence-corrected chi connectivity index (χ4v) is 2.63. The molecule has 0 heterocycles. The molecule has 3 nitrogen and oxygen atoms in total. The highest BCUT2D eigenvalue weighted by Crippen LogP contribution is 2.28. The molecule has 0 saturated carbocycles. The molecule has 0 saturated heterocycles. The molecule has 2 aromatic rings. The Morgan fingerprint density at radius 2 is 1.82 bits per heavy atom. The van der Waals surface area contributed by atoms with Gasteiger partial charge in [-0.25, -0.2) is 4.79 Å². The number of rotatable bonds is 5. The van der Waals surface area contributed by atoms with Gasteiger partial charge in [0.25, 0.3) is 0 Å². The molecule has 22 heavy (non-hydrogen) atoms. The summed E-state index contributed by atoms with van der Waals surface area (Å²) in [5.41, 5.74) is 2.68. The Balaban J connectivity index is 2.30. The number of hydrogen-bond acceptors (Lipinski definition) is 3. The van der Waals surface area contributed by atoms with Crippen LogP contribution in [0.25, 0.3) is 0 Å². The predicted octanol–water partition coefficient (Wildman–Crippen LogP) is 4.82. The number of ether oxygens (including phenoxy) is 1. The summed E-state index contributed by atoms with van der Waals surface area (Å²) in [6.07, 6.45) is 0. The van der Waals surface area contributed by atoms with Crippen LogP contribution < -0.4 is 4.90 Å². The third-order valence-electron chi connectivity index (χ3n) is 3.72. The normalized spacial score (nSPS) is 11.8. The quantitative estimate of drug-likeness (QED) is 0.714. The van der Waals surface area contributed by atoms with Crippen LogP contribution in [0.4, 0.5) is 5.69 Å². The summed E-state index contributed by atoms with van der Waals surface area (Å²) < 4.78 is 6.20. The number of carbonyl (C=O) groups is 1. The summed E-state index contributed by atoms with van der Waals surface area (Å²) in [4.78, 5) is 14.3. The largest absolute Gasteiger partial charge is 0.462 e. The van der Waals surface area contributed by atoms with Gasteiger partial charge >= 0.3 is 5.97 Å². The minimum Gasteiger partial charge on any atom is -0.462 e. The van der Waals surface area contributed by atoms with Crippen molar-refractivity contribution in [2.24, 2.45) is 0 Å². The van der Waals surface area contributed by atoms with E-state index in [1.54, 1.807) is 0 Å². The van der Waals surface area contributed by atoms with Gasteiger partial charge in [-0.2, -0.15) is 0 Å². The van der Waals surface area contributed by atoms with Crippen LogP contribution in [0.15, 0.2) is 53.0 Å². The van der Waals surface area contributed by atoms with E-state index in [9.17, 15) is 4.79 Å². The van der Waals surface area contributed by atoms with E-state index in [0.717, 1.165) is 15.7 Å². The number of nitrogens with zero attached hydrogens (tertiary/aromatic N) is 1. The van der Waals surface area contributed by atoms with Crippen LogP contribution in [-0.2, 0) is 4.74 Å². The van der Waals surface area contributed by atoms with Crippen LogP contribution in [-0.4, -0.2) is 19.6 Å².